The van der Waals surface area contributed by atoms with Gasteiger partial charge in [0.15, 0.2) is 5.96 Å². The molecule has 0 saturated carbocycles. The van der Waals surface area contributed by atoms with Crippen LogP contribution in [-0.2, 0) is 17.8 Å². The Morgan fingerprint density at radius 3 is 2.31 bits per heavy atom. The van der Waals surface area contributed by atoms with Crippen molar-refractivity contribution in [3.63, 3.8) is 0 Å². The molecule has 0 radical (unpaired) electrons. The third-order valence-corrected chi connectivity index (χ3v) is 6.05. The molecule has 2 saturated heterocycles. The van der Waals surface area contributed by atoms with E-state index in [2.05, 4.69) is 44.4 Å². The van der Waals surface area contributed by atoms with Gasteiger partial charge >= 0.3 is 0 Å². The zero-order valence-electron chi connectivity index (χ0n) is 18.9. The Morgan fingerprint density at radius 1 is 0.969 bits per heavy atom. The number of aliphatic imine (C=N–C) groups is 1. The number of nitrogens with zero attached hydrogens (tertiary/aromatic N) is 3. The van der Waals surface area contributed by atoms with Gasteiger partial charge in [-0.3, -0.25) is 9.89 Å². The molecule has 2 aliphatic heterocycles. The number of benzene rings is 2. The minimum absolute atomic E-state index is 0. The maximum atomic E-state index is 6.13. The van der Waals surface area contributed by atoms with Gasteiger partial charge in [0.2, 0.25) is 0 Å². The van der Waals surface area contributed by atoms with Gasteiger partial charge < -0.3 is 19.7 Å². The molecule has 0 amide bonds. The van der Waals surface area contributed by atoms with Gasteiger partial charge in [-0.15, -0.1) is 24.0 Å². The smallest absolute Gasteiger partial charge is 0.193 e. The predicted octanol–water partition coefficient (Wildman–Crippen LogP) is 3.76. The molecular weight excluding hydrogens is 515 g/mol. The lowest BCUT2D eigenvalue weighted by molar-refractivity contribution is 0.0341. The minimum atomic E-state index is 0. The molecule has 0 spiro atoms. The summed E-state index contributed by atoms with van der Waals surface area (Å²) in [5, 5.41) is 3.59. The summed E-state index contributed by atoms with van der Waals surface area (Å²) in [5.41, 5.74) is 2.71. The lowest BCUT2D eigenvalue weighted by atomic mass is 10.1. The average Bonchev–Trinajstić information content (AvgIpc) is 2.83. The zero-order chi connectivity index (χ0) is 21.3. The van der Waals surface area contributed by atoms with E-state index in [1.165, 1.54) is 11.1 Å². The third kappa shape index (κ3) is 7.08. The van der Waals surface area contributed by atoms with E-state index in [4.69, 9.17) is 9.47 Å². The molecule has 2 aliphatic rings. The Hall–Kier alpha value is -1.84. The van der Waals surface area contributed by atoms with Gasteiger partial charge in [-0.05, 0) is 23.3 Å². The van der Waals surface area contributed by atoms with Crippen LogP contribution in [0.15, 0.2) is 59.6 Å². The van der Waals surface area contributed by atoms with Crippen molar-refractivity contribution >= 4 is 29.9 Å². The van der Waals surface area contributed by atoms with Crippen LogP contribution in [0.4, 0.5) is 0 Å². The van der Waals surface area contributed by atoms with Gasteiger partial charge in [0.25, 0.3) is 0 Å². The van der Waals surface area contributed by atoms with Gasteiger partial charge in [-0.1, -0.05) is 42.5 Å². The fraction of sp³-hybridized carbons (Fsp3) is 0.480. The van der Waals surface area contributed by atoms with E-state index in [1.54, 1.807) is 0 Å². The molecule has 6 nitrogen and oxygen atoms in total. The number of hydrogen-bond donors (Lipinski definition) is 1. The van der Waals surface area contributed by atoms with E-state index < -0.39 is 0 Å². The van der Waals surface area contributed by atoms with Crippen LogP contribution in [0.5, 0.6) is 5.75 Å². The van der Waals surface area contributed by atoms with E-state index in [-0.39, 0.29) is 30.1 Å². The number of hydrogen-bond acceptors (Lipinski definition) is 4. The maximum Gasteiger partial charge on any atom is 0.193 e. The third-order valence-electron chi connectivity index (χ3n) is 6.05. The van der Waals surface area contributed by atoms with Crippen LogP contribution in [0, 0.1) is 0 Å². The van der Waals surface area contributed by atoms with Gasteiger partial charge in [-0.25, -0.2) is 0 Å². The van der Waals surface area contributed by atoms with E-state index in [9.17, 15) is 0 Å². The highest BCUT2D eigenvalue weighted by Gasteiger charge is 2.23. The summed E-state index contributed by atoms with van der Waals surface area (Å²) >= 11 is 0. The number of para-hydroxylation sites is 1. The Balaban J connectivity index is 0.00000289. The number of halogens is 1. The molecule has 7 heteroatoms. The quantitative estimate of drug-likeness (QED) is 0.338. The molecule has 2 fully saturated rings. The first-order valence-electron chi connectivity index (χ1n) is 11.4. The van der Waals surface area contributed by atoms with Crippen molar-refractivity contribution in [2.45, 2.75) is 32.0 Å². The number of piperidine rings is 1. The van der Waals surface area contributed by atoms with Crippen LogP contribution in [-0.4, -0.2) is 68.3 Å². The molecule has 0 aromatic heterocycles. The lowest BCUT2D eigenvalue weighted by Gasteiger charge is -2.34. The Labute approximate surface area is 209 Å². The molecule has 2 heterocycles. The predicted molar refractivity (Wildman–Crippen MR) is 140 cm³/mol. The van der Waals surface area contributed by atoms with Gasteiger partial charge in [0.1, 0.15) is 11.9 Å². The molecule has 1 N–H and O–H groups in total. The number of guanidine groups is 1. The second-order valence-electron chi connectivity index (χ2n) is 8.18. The van der Waals surface area contributed by atoms with Gasteiger partial charge in [0.05, 0.1) is 13.2 Å². The fourth-order valence-electron chi connectivity index (χ4n) is 4.27. The Morgan fingerprint density at radius 2 is 1.62 bits per heavy atom. The second kappa shape index (κ2) is 13.0. The van der Waals surface area contributed by atoms with Crippen LogP contribution >= 0.6 is 24.0 Å². The van der Waals surface area contributed by atoms with E-state index in [1.807, 2.05) is 37.4 Å². The molecular formula is C25H35IN4O2. The highest BCUT2D eigenvalue weighted by molar-refractivity contribution is 14.0. The normalized spacial score (nSPS) is 18.2. The number of nitrogens with one attached hydrogen (secondary N) is 1. The molecule has 174 valence electrons. The SMILES string of the molecule is CN=C(NCc1ccccc1CN1CCOCC1)N1CCC(Oc2ccccc2)CC1.I. The largest absolute Gasteiger partial charge is 0.490 e. The van der Waals surface area contributed by atoms with Crippen molar-refractivity contribution < 1.29 is 9.47 Å². The van der Waals surface area contributed by atoms with Crippen molar-refractivity contribution in [2.75, 3.05) is 46.4 Å². The minimum Gasteiger partial charge on any atom is -0.490 e. The Kier molecular flexibility index (Phi) is 10.1. The molecule has 0 bridgehead atoms. The highest BCUT2D eigenvalue weighted by Crippen LogP contribution is 2.19. The van der Waals surface area contributed by atoms with Gasteiger partial charge in [0, 0.05) is 59.2 Å². The summed E-state index contributed by atoms with van der Waals surface area (Å²) in [6.07, 6.45) is 2.28. The summed E-state index contributed by atoms with van der Waals surface area (Å²) in [6.45, 7) is 7.33. The van der Waals surface area contributed by atoms with Crippen molar-refractivity contribution in [3.8, 4) is 5.75 Å². The molecule has 4 rings (SSSR count). The monoisotopic (exact) mass is 550 g/mol. The molecule has 2 aromatic rings. The highest BCUT2D eigenvalue weighted by atomic mass is 127. The first kappa shape index (κ1) is 24.8. The number of morpholine rings is 1. The molecule has 0 aliphatic carbocycles. The molecule has 2 aromatic carbocycles. The lowest BCUT2D eigenvalue weighted by Crippen LogP contribution is -2.47. The topological polar surface area (TPSA) is 49.3 Å². The van der Waals surface area contributed by atoms with E-state index >= 15 is 0 Å². The summed E-state index contributed by atoms with van der Waals surface area (Å²) in [4.78, 5) is 9.35. The van der Waals surface area contributed by atoms with Crippen LogP contribution in [0.1, 0.15) is 24.0 Å². The van der Waals surface area contributed by atoms with Crippen molar-refractivity contribution in [1.82, 2.24) is 15.1 Å². The average molecular weight is 550 g/mol. The van der Waals surface area contributed by atoms with Crippen LogP contribution in [0.3, 0.4) is 0 Å². The summed E-state index contributed by atoms with van der Waals surface area (Å²) in [7, 11) is 1.87. The van der Waals surface area contributed by atoms with Crippen molar-refractivity contribution in [3.05, 3.63) is 65.7 Å². The Bertz CT molecular complexity index is 835. The van der Waals surface area contributed by atoms with Crippen molar-refractivity contribution in [1.29, 1.82) is 0 Å². The number of likely N-dealkylation sites (tertiary alicyclic amines) is 1. The summed E-state index contributed by atoms with van der Waals surface area (Å²) in [5.74, 6) is 1.93. The first-order chi connectivity index (χ1) is 15.3. The first-order valence-corrected chi connectivity index (χ1v) is 11.4. The fourth-order valence-corrected chi connectivity index (χ4v) is 4.27. The zero-order valence-corrected chi connectivity index (χ0v) is 21.2. The van der Waals surface area contributed by atoms with E-state index in [0.717, 1.165) is 77.0 Å². The number of ether oxygens (including phenoxy) is 2. The molecule has 0 atom stereocenters. The maximum absolute atomic E-state index is 6.13. The second-order valence-corrected chi connectivity index (χ2v) is 8.18. The number of rotatable bonds is 6. The van der Waals surface area contributed by atoms with Gasteiger partial charge in [-0.2, -0.15) is 0 Å². The standard InChI is InChI=1S/C25H34N4O2.HI/c1-26-25(29-13-11-24(12-14-29)31-23-9-3-2-4-10-23)27-19-21-7-5-6-8-22(21)20-28-15-17-30-18-16-28;/h2-10,24H,11-20H2,1H3,(H,26,27);1H. The van der Waals surface area contributed by atoms with Crippen molar-refractivity contribution in [2.24, 2.45) is 4.99 Å². The molecule has 32 heavy (non-hydrogen) atoms. The van der Waals surface area contributed by atoms with Crippen LogP contribution in [0.2, 0.25) is 0 Å². The van der Waals surface area contributed by atoms with Crippen LogP contribution in [0.25, 0.3) is 0 Å². The summed E-state index contributed by atoms with van der Waals surface area (Å²) < 4.78 is 11.6. The molecule has 0 unspecified atom stereocenters. The van der Waals surface area contributed by atoms with Crippen LogP contribution < -0.4 is 10.1 Å². The van der Waals surface area contributed by atoms with E-state index in [0.29, 0.717) is 0 Å². The summed E-state index contributed by atoms with van der Waals surface area (Å²) in [6, 6.07) is 18.8.